The number of likely N-dealkylation sites (tertiary alicyclic amines) is 1. The number of piperidine rings is 1. The number of carboxylic acids is 1. The number of aliphatic carboxylic acids is 1. The zero-order valence-electron chi connectivity index (χ0n) is 11.8. The maximum absolute atomic E-state index is 12.1. The van der Waals surface area contributed by atoms with Crippen molar-refractivity contribution in [1.82, 2.24) is 10.2 Å². The van der Waals surface area contributed by atoms with Gasteiger partial charge in [0.1, 0.15) is 6.04 Å². The lowest BCUT2D eigenvalue weighted by Gasteiger charge is -2.34. The van der Waals surface area contributed by atoms with Crippen molar-refractivity contribution in [3.05, 3.63) is 0 Å². The Labute approximate surface area is 114 Å². The summed E-state index contributed by atoms with van der Waals surface area (Å²) >= 11 is 0. The van der Waals surface area contributed by atoms with Crippen molar-refractivity contribution < 1.29 is 14.7 Å². The summed E-state index contributed by atoms with van der Waals surface area (Å²) in [7, 11) is 0. The van der Waals surface area contributed by atoms with Gasteiger partial charge in [0.25, 0.3) is 0 Å². The molecule has 0 aromatic heterocycles. The SMILES string of the molecule is CC(C)C1CCN(C(=O)NC(C(=O)O)C2CC2)CC1. The maximum Gasteiger partial charge on any atom is 0.326 e. The minimum absolute atomic E-state index is 0.134. The summed E-state index contributed by atoms with van der Waals surface area (Å²) in [5.41, 5.74) is 0. The molecule has 1 aliphatic carbocycles. The lowest BCUT2D eigenvalue weighted by atomic mass is 9.87. The Kier molecular flexibility index (Phi) is 4.32. The highest BCUT2D eigenvalue weighted by Crippen LogP contribution is 2.33. The second kappa shape index (κ2) is 5.80. The predicted molar refractivity (Wildman–Crippen MR) is 71.8 cm³/mol. The largest absolute Gasteiger partial charge is 0.480 e. The molecule has 1 saturated heterocycles. The molecule has 0 radical (unpaired) electrons. The van der Waals surface area contributed by atoms with E-state index >= 15 is 0 Å². The lowest BCUT2D eigenvalue weighted by Crippen LogP contribution is -2.51. The fraction of sp³-hybridized carbons (Fsp3) is 0.857. The third-order valence-corrected chi connectivity index (χ3v) is 4.41. The van der Waals surface area contributed by atoms with Gasteiger partial charge in [-0.25, -0.2) is 9.59 Å². The highest BCUT2D eigenvalue weighted by molar-refractivity contribution is 5.83. The van der Waals surface area contributed by atoms with Gasteiger partial charge in [-0.1, -0.05) is 13.8 Å². The molecule has 0 aromatic rings. The minimum Gasteiger partial charge on any atom is -0.480 e. The molecule has 0 aromatic carbocycles. The molecule has 0 bridgehead atoms. The molecule has 1 heterocycles. The summed E-state index contributed by atoms with van der Waals surface area (Å²) in [5.74, 6) is 0.564. The van der Waals surface area contributed by atoms with Gasteiger partial charge in [0, 0.05) is 13.1 Å². The lowest BCUT2D eigenvalue weighted by molar-refractivity contribution is -0.139. The van der Waals surface area contributed by atoms with Crippen molar-refractivity contribution in [3.8, 4) is 0 Å². The van der Waals surface area contributed by atoms with Crippen LogP contribution >= 0.6 is 0 Å². The standard InChI is InChI=1S/C14H24N2O3/c1-9(2)10-5-7-16(8-6-10)14(19)15-12(13(17)18)11-3-4-11/h9-12H,3-8H2,1-2H3,(H,15,19)(H,17,18). The van der Waals surface area contributed by atoms with Crippen LogP contribution in [0.1, 0.15) is 39.5 Å². The molecule has 5 nitrogen and oxygen atoms in total. The van der Waals surface area contributed by atoms with Gasteiger partial charge in [-0.15, -0.1) is 0 Å². The predicted octanol–water partition coefficient (Wildman–Crippen LogP) is 1.93. The zero-order valence-corrected chi connectivity index (χ0v) is 11.8. The number of nitrogens with one attached hydrogen (secondary N) is 1. The van der Waals surface area contributed by atoms with E-state index in [1.165, 1.54) is 0 Å². The molecule has 108 valence electrons. The average Bonchev–Trinajstić information content (AvgIpc) is 3.19. The first-order valence-electron chi connectivity index (χ1n) is 7.27. The number of amides is 2. The molecule has 2 amide bonds. The van der Waals surface area contributed by atoms with Crippen molar-refractivity contribution in [1.29, 1.82) is 0 Å². The van der Waals surface area contributed by atoms with Crippen molar-refractivity contribution in [2.75, 3.05) is 13.1 Å². The molecule has 2 N–H and O–H groups in total. The molecule has 0 spiro atoms. The van der Waals surface area contributed by atoms with Crippen molar-refractivity contribution in [3.63, 3.8) is 0 Å². The van der Waals surface area contributed by atoms with Crippen LogP contribution in [0.2, 0.25) is 0 Å². The third-order valence-electron chi connectivity index (χ3n) is 4.41. The van der Waals surface area contributed by atoms with Crippen LogP contribution in [0, 0.1) is 17.8 Å². The van der Waals surface area contributed by atoms with E-state index in [9.17, 15) is 9.59 Å². The molecule has 19 heavy (non-hydrogen) atoms. The van der Waals surface area contributed by atoms with Gasteiger partial charge in [-0.05, 0) is 43.4 Å². The van der Waals surface area contributed by atoms with Crippen molar-refractivity contribution >= 4 is 12.0 Å². The van der Waals surface area contributed by atoms with Crippen LogP contribution < -0.4 is 5.32 Å². The second-order valence-electron chi connectivity index (χ2n) is 6.17. The Bertz CT molecular complexity index is 345. The normalized spacial score (nSPS) is 22.4. The number of urea groups is 1. The number of nitrogens with zero attached hydrogens (tertiary/aromatic N) is 1. The molecule has 1 atom stereocenters. The van der Waals surface area contributed by atoms with Crippen LogP contribution in [-0.4, -0.2) is 41.1 Å². The highest BCUT2D eigenvalue weighted by Gasteiger charge is 2.38. The molecule has 1 saturated carbocycles. The van der Waals surface area contributed by atoms with E-state index in [4.69, 9.17) is 5.11 Å². The number of carbonyl (C=O) groups is 2. The van der Waals surface area contributed by atoms with Crippen molar-refractivity contribution in [2.24, 2.45) is 17.8 Å². The fourth-order valence-electron chi connectivity index (χ4n) is 2.80. The second-order valence-corrected chi connectivity index (χ2v) is 6.17. The molecule has 2 rings (SSSR count). The minimum atomic E-state index is -0.909. The van der Waals surface area contributed by atoms with Crippen LogP contribution in [-0.2, 0) is 4.79 Å². The van der Waals surface area contributed by atoms with Gasteiger partial charge in [0.05, 0.1) is 0 Å². The first kappa shape index (κ1) is 14.2. The Morgan fingerprint density at radius 2 is 1.68 bits per heavy atom. The summed E-state index contributed by atoms with van der Waals surface area (Å²) in [6.07, 6.45) is 3.86. The Morgan fingerprint density at radius 3 is 2.11 bits per heavy atom. The van der Waals surface area contributed by atoms with E-state index in [-0.39, 0.29) is 11.9 Å². The van der Waals surface area contributed by atoms with Crippen LogP contribution in [0.4, 0.5) is 4.79 Å². The van der Waals surface area contributed by atoms with E-state index in [0.29, 0.717) is 11.8 Å². The maximum atomic E-state index is 12.1. The zero-order chi connectivity index (χ0) is 14.0. The van der Waals surface area contributed by atoms with Gasteiger partial charge >= 0.3 is 12.0 Å². The van der Waals surface area contributed by atoms with E-state index in [1.54, 1.807) is 4.90 Å². The average molecular weight is 268 g/mol. The summed E-state index contributed by atoms with van der Waals surface area (Å²) < 4.78 is 0. The monoisotopic (exact) mass is 268 g/mol. The Morgan fingerprint density at radius 1 is 1.11 bits per heavy atom. The summed E-state index contributed by atoms with van der Waals surface area (Å²) in [5, 5.41) is 11.8. The van der Waals surface area contributed by atoms with Crippen molar-refractivity contribution in [2.45, 2.75) is 45.6 Å². The quantitative estimate of drug-likeness (QED) is 0.818. The first-order valence-corrected chi connectivity index (χ1v) is 7.27. The van der Waals surface area contributed by atoms with E-state index in [1.807, 2.05) is 0 Å². The Balaban J connectivity index is 1.82. The number of rotatable bonds is 4. The van der Waals surface area contributed by atoms with Gasteiger partial charge in [-0.2, -0.15) is 0 Å². The molecule has 1 aliphatic heterocycles. The van der Waals surface area contributed by atoms with E-state index in [0.717, 1.165) is 38.8 Å². The van der Waals surface area contributed by atoms with Gasteiger partial charge in [0.15, 0.2) is 0 Å². The molecular weight excluding hydrogens is 244 g/mol. The molecule has 2 fully saturated rings. The van der Waals surface area contributed by atoms with Crippen LogP contribution in [0.15, 0.2) is 0 Å². The van der Waals surface area contributed by atoms with Gasteiger partial charge in [-0.3, -0.25) is 0 Å². The van der Waals surface area contributed by atoms with E-state index < -0.39 is 12.0 Å². The number of hydrogen-bond donors (Lipinski definition) is 2. The molecule has 2 aliphatic rings. The van der Waals surface area contributed by atoms with Gasteiger partial charge in [0.2, 0.25) is 0 Å². The summed E-state index contributed by atoms with van der Waals surface area (Å²) in [4.78, 5) is 24.9. The fourth-order valence-corrected chi connectivity index (χ4v) is 2.80. The smallest absolute Gasteiger partial charge is 0.326 e. The number of carboxylic acid groups (broad SMARTS) is 1. The first-order chi connectivity index (χ1) is 8.99. The molecule has 5 heteroatoms. The topological polar surface area (TPSA) is 69.6 Å². The van der Waals surface area contributed by atoms with Gasteiger partial charge < -0.3 is 15.3 Å². The molecule has 1 unspecified atom stereocenters. The third kappa shape index (κ3) is 3.61. The number of hydrogen-bond acceptors (Lipinski definition) is 2. The number of carbonyl (C=O) groups excluding carboxylic acids is 1. The van der Waals surface area contributed by atoms with Crippen LogP contribution in [0.25, 0.3) is 0 Å². The van der Waals surface area contributed by atoms with Crippen LogP contribution in [0.3, 0.4) is 0 Å². The summed E-state index contributed by atoms with van der Waals surface area (Å²) in [6, 6.07) is -0.906. The highest BCUT2D eigenvalue weighted by atomic mass is 16.4. The summed E-state index contributed by atoms with van der Waals surface area (Å²) in [6.45, 7) is 5.92. The van der Waals surface area contributed by atoms with Crippen LogP contribution in [0.5, 0.6) is 0 Å². The molecular formula is C14H24N2O3. The Hall–Kier alpha value is -1.26. The van der Waals surface area contributed by atoms with E-state index in [2.05, 4.69) is 19.2 Å².